The molecule has 0 atom stereocenters. The number of hydrogen-bond donors (Lipinski definition) is 1. The molecular formula is C16H11F3N2S. The average molecular weight is 320 g/mol. The summed E-state index contributed by atoms with van der Waals surface area (Å²) in [5.41, 5.74) is 3.39. The number of nitrogens with one attached hydrogen (secondary N) is 1. The quantitative estimate of drug-likeness (QED) is 0.509. The van der Waals surface area contributed by atoms with Crippen molar-refractivity contribution >= 4 is 33.3 Å². The summed E-state index contributed by atoms with van der Waals surface area (Å²) in [6, 6.07) is 14.2. The van der Waals surface area contributed by atoms with Gasteiger partial charge in [0.15, 0.2) is 0 Å². The monoisotopic (exact) mass is 320 g/mol. The molecule has 0 saturated heterocycles. The van der Waals surface area contributed by atoms with E-state index in [-0.39, 0.29) is 5.39 Å². The summed E-state index contributed by atoms with van der Waals surface area (Å²) >= 11 is 1.08. The largest absolute Gasteiger partial charge is 0.417 e. The van der Waals surface area contributed by atoms with E-state index in [0.29, 0.717) is 10.3 Å². The Balaban J connectivity index is 1.95. The van der Waals surface area contributed by atoms with E-state index in [1.807, 2.05) is 30.3 Å². The van der Waals surface area contributed by atoms with E-state index in [2.05, 4.69) is 10.5 Å². The van der Waals surface area contributed by atoms with Gasteiger partial charge in [-0.2, -0.15) is 18.3 Å². The summed E-state index contributed by atoms with van der Waals surface area (Å²) in [6.07, 6.45) is -2.95. The maximum atomic E-state index is 13.1. The molecule has 112 valence electrons. The van der Waals surface area contributed by atoms with Crippen molar-refractivity contribution in [1.29, 1.82) is 0 Å². The number of fused-ring (bicyclic) bond motifs is 1. The minimum absolute atomic E-state index is 0.193. The van der Waals surface area contributed by atoms with Crippen LogP contribution in [0.5, 0.6) is 0 Å². The molecule has 0 unspecified atom stereocenters. The van der Waals surface area contributed by atoms with Crippen molar-refractivity contribution in [1.82, 2.24) is 0 Å². The molecule has 2 aromatic carbocycles. The van der Waals surface area contributed by atoms with Crippen LogP contribution in [0.25, 0.3) is 10.1 Å². The topological polar surface area (TPSA) is 24.4 Å². The molecule has 0 bridgehead atoms. The molecule has 0 spiro atoms. The standard InChI is InChI=1S/C16H11F3N2S/c17-16(18,19)13-10-22-14-8-4-5-11(15(13)14)9-20-21-12-6-2-1-3-7-12/h1-10,21H. The van der Waals surface area contributed by atoms with Gasteiger partial charge in [-0.3, -0.25) is 5.43 Å². The minimum atomic E-state index is -4.37. The van der Waals surface area contributed by atoms with Crippen molar-refractivity contribution in [2.45, 2.75) is 6.18 Å². The van der Waals surface area contributed by atoms with E-state index in [9.17, 15) is 13.2 Å². The number of alkyl halides is 3. The van der Waals surface area contributed by atoms with Gasteiger partial charge in [-0.05, 0) is 18.2 Å². The third-order valence-corrected chi connectivity index (χ3v) is 4.06. The van der Waals surface area contributed by atoms with Crippen molar-refractivity contribution in [2.24, 2.45) is 5.10 Å². The van der Waals surface area contributed by atoms with Crippen LogP contribution < -0.4 is 5.43 Å². The van der Waals surface area contributed by atoms with Crippen LogP contribution in [-0.4, -0.2) is 6.21 Å². The minimum Gasteiger partial charge on any atom is -0.279 e. The maximum absolute atomic E-state index is 13.1. The summed E-state index contributed by atoms with van der Waals surface area (Å²) in [5, 5.41) is 5.37. The highest BCUT2D eigenvalue weighted by Gasteiger charge is 2.34. The molecule has 6 heteroatoms. The summed E-state index contributed by atoms with van der Waals surface area (Å²) in [5.74, 6) is 0. The van der Waals surface area contributed by atoms with Crippen LogP contribution in [0.3, 0.4) is 0 Å². The third-order valence-electron chi connectivity index (χ3n) is 3.11. The number of thiophene rings is 1. The highest BCUT2D eigenvalue weighted by molar-refractivity contribution is 7.17. The van der Waals surface area contributed by atoms with Crippen molar-refractivity contribution in [3.8, 4) is 0 Å². The average Bonchev–Trinajstić information content (AvgIpc) is 2.93. The van der Waals surface area contributed by atoms with Crippen LogP contribution in [0.15, 0.2) is 59.0 Å². The van der Waals surface area contributed by atoms with Crippen LogP contribution in [0, 0.1) is 0 Å². The number of benzene rings is 2. The van der Waals surface area contributed by atoms with Crippen molar-refractivity contribution in [3.63, 3.8) is 0 Å². The van der Waals surface area contributed by atoms with Crippen molar-refractivity contribution in [2.75, 3.05) is 5.43 Å². The zero-order chi connectivity index (χ0) is 15.6. The Labute approximate surface area is 128 Å². The highest BCUT2D eigenvalue weighted by Crippen LogP contribution is 2.39. The fourth-order valence-electron chi connectivity index (χ4n) is 2.12. The molecular weight excluding hydrogens is 309 g/mol. The van der Waals surface area contributed by atoms with Gasteiger partial charge >= 0.3 is 6.18 Å². The number of nitrogens with zero attached hydrogens (tertiary/aromatic N) is 1. The van der Waals surface area contributed by atoms with E-state index in [4.69, 9.17) is 0 Å². The lowest BCUT2D eigenvalue weighted by Crippen LogP contribution is -2.04. The lowest BCUT2D eigenvalue weighted by molar-refractivity contribution is -0.136. The van der Waals surface area contributed by atoms with Crippen LogP contribution in [0.4, 0.5) is 18.9 Å². The molecule has 1 heterocycles. The normalized spacial score (nSPS) is 12.1. The van der Waals surface area contributed by atoms with Gasteiger partial charge < -0.3 is 0 Å². The smallest absolute Gasteiger partial charge is 0.279 e. The summed E-state index contributed by atoms with van der Waals surface area (Å²) in [4.78, 5) is 0. The SMILES string of the molecule is FC(F)(F)c1csc2cccc(C=NNc3ccccc3)c12. The lowest BCUT2D eigenvalue weighted by Gasteiger charge is -2.06. The Morgan fingerprint density at radius 2 is 1.77 bits per heavy atom. The number of para-hydroxylation sites is 1. The van der Waals surface area contributed by atoms with Gasteiger partial charge in [0.05, 0.1) is 17.5 Å². The van der Waals surface area contributed by atoms with Crippen LogP contribution >= 0.6 is 11.3 Å². The fourth-order valence-corrected chi connectivity index (χ4v) is 3.12. The zero-order valence-corrected chi connectivity index (χ0v) is 12.1. The fraction of sp³-hybridized carbons (Fsp3) is 0.0625. The summed E-state index contributed by atoms with van der Waals surface area (Å²) in [7, 11) is 0. The second kappa shape index (κ2) is 5.81. The first-order valence-corrected chi connectivity index (χ1v) is 7.35. The lowest BCUT2D eigenvalue weighted by atomic mass is 10.1. The number of halogens is 3. The Kier molecular flexibility index (Phi) is 3.85. The van der Waals surface area contributed by atoms with Crippen LogP contribution in [-0.2, 0) is 6.18 Å². The van der Waals surface area contributed by atoms with E-state index in [1.165, 1.54) is 6.21 Å². The predicted molar refractivity (Wildman–Crippen MR) is 84.5 cm³/mol. The second-order valence-corrected chi connectivity index (χ2v) is 5.51. The number of anilines is 1. The highest BCUT2D eigenvalue weighted by atomic mass is 32.1. The summed E-state index contributed by atoms with van der Waals surface area (Å²) in [6.45, 7) is 0. The zero-order valence-electron chi connectivity index (χ0n) is 11.3. The molecule has 0 radical (unpaired) electrons. The molecule has 0 saturated carbocycles. The second-order valence-electron chi connectivity index (χ2n) is 4.60. The number of rotatable bonds is 3. The van der Waals surface area contributed by atoms with Gasteiger partial charge in [0, 0.05) is 21.0 Å². The first kappa shape index (κ1) is 14.6. The van der Waals surface area contributed by atoms with Gasteiger partial charge in [0.1, 0.15) is 0 Å². The van der Waals surface area contributed by atoms with Gasteiger partial charge in [-0.25, -0.2) is 0 Å². The molecule has 2 nitrogen and oxygen atoms in total. The van der Waals surface area contributed by atoms with Crippen LogP contribution in [0.2, 0.25) is 0 Å². The molecule has 0 aliphatic heterocycles. The van der Waals surface area contributed by atoms with E-state index in [0.717, 1.165) is 22.4 Å². The van der Waals surface area contributed by atoms with E-state index < -0.39 is 11.7 Å². The maximum Gasteiger partial charge on any atom is 0.417 e. The van der Waals surface area contributed by atoms with Crippen molar-refractivity contribution in [3.05, 3.63) is 65.0 Å². The molecule has 1 aromatic heterocycles. The molecule has 0 aliphatic rings. The van der Waals surface area contributed by atoms with E-state index in [1.54, 1.807) is 18.2 Å². The summed E-state index contributed by atoms with van der Waals surface area (Å²) < 4.78 is 39.8. The number of hydrogen-bond acceptors (Lipinski definition) is 3. The molecule has 0 aliphatic carbocycles. The van der Waals surface area contributed by atoms with Crippen LogP contribution in [0.1, 0.15) is 11.1 Å². The molecule has 3 aromatic rings. The molecule has 0 fully saturated rings. The number of hydrazone groups is 1. The molecule has 1 N–H and O–H groups in total. The van der Waals surface area contributed by atoms with Gasteiger partial charge in [0.2, 0.25) is 0 Å². The van der Waals surface area contributed by atoms with Gasteiger partial charge in [-0.15, -0.1) is 11.3 Å². The molecule has 3 rings (SSSR count). The van der Waals surface area contributed by atoms with Gasteiger partial charge in [0.25, 0.3) is 0 Å². The predicted octanol–water partition coefficient (Wildman–Crippen LogP) is 5.37. The van der Waals surface area contributed by atoms with Gasteiger partial charge in [-0.1, -0.05) is 30.3 Å². The Morgan fingerprint density at radius 3 is 2.50 bits per heavy atom. The first-order chi connectivity index (χ1) is 10.6. The molecule has 22 heavy (non-hydrogen) atoms. The Hall–Kier alpha value is -2.34. The Morgan fingerprint density at radius 1 is 1.00 bits per heavy atom. The van der Waals surface area contributed by atoms with E-state index >= 15 is 0 Å². The Bertz CT molecular complexity index is 807. The molecule has 0 amide bonds. The van der Waals surface area contributed by atoms with Crippen molar-refractivity contribution < 1.29 is 13.2 Å². The third kappa shape index (κ3) is 2.96. The first-order valence-electron chi connectivity index (χ1n) is 6.47.